The van der Waals surface area contributed by atoms with Crippen LogP contribution in [-0.4, -0.2) is 38.0 Å². The van der Waals surface area contributed by atoms with E-state index >= 15 is 0 Å². The van der Waals surface area contributed by atoms with Gasteiger partial charge in [0.25, 0.3) is 0 Å². The van der Waals surface area contributed by atoms with Gasteiger partial charge in [-0.15, -0.1) is 0 Å². The van der Waals surface area contributed by atoms with Crippen molar-refractivity contribution in [1.29, 1.82) is 0 Å². The molecule has 1 aliphatic carbocycles. The van der Waals surface area contributed by atoms with E-state index in [2.05, 4.69) is 41.8 Å². The summed E-state index contributed by atoms with van der Waals surface area (Å²) < 4.78 is 7.52. The summed E-state index contributed by atoms with van der Waals surface area (Å²) in [6, 6.07) is 0. The third-order valence-corrected chi connectivity index (χ3v) is 6.47. The van der Waals surface area contributed by atoms with Crippen LogP contribution in [0.25, 0.3) is 0 Å². The second-order valence-electron chi connectivity index (χ2n) is 10.1. The van der Waals surface area contributed by atoms with Crippen LogP contribution in [0, 0.1) is 17.8 Å². The first-order chi connectivity index (χ1) is 12.4. The molecule has 0 radical (unpaired) electrons. The van der Waals surface area contributed by atoms with Gasteiger partial charge in [-0.05, 0) is 43.4 Å². The van der Waals surface area contributed by atoms with Crippen LogP contribution in [0.1, 0.15) is 105 Å². The fourth-order valence-electron chi connectivity index (χ4n) is 4.52. The van der Waals surface area contributed by atoms with Crippen molar-refractivity contribution in [3.8, 4) is 0 Å². The average Bonchev–Trinajstić information content (AvgIpc) is 2.58. The number of hydrogen-bond acceptors (Lipinski definition) is 1. The Balaban J connectivity index is 2.16. The molecule has 0 amide bonds. The molecular formula is C24H50NO+. The van der Waals surface area contributed by atoms with Gasteiger partial charge < -0.3 is 9.22 Å². The summed E-state index contributed by atoms with van der Waals surface area (Å²) >= 11 is 0. The van der Waals surface area contributed by atoms with Crippen molar-refractivity contribution in [2.24, 2.45) is 17.8 Å². The van der Waals surface area contributed by atoms with E-state index in [4.69, 9.17) is 4.74 Å². The zero-order valence-electron chi connectivity index (χ0n) is 19.1. The fraction of sp³-hybridized carbons (Fsp3) is 1.00. The molecular weight excluding hydrogens is 318 g/mol. The summed E-state index contributed by atoms with van der Waals surface area (Å²) in [5.41, 5.74) is 0. The minimum absolute atomic E-state index is 0.485. The molecule has 0 spiro atoms. The number of ether oxygens (including phenoxy) is 1. The summed E-state index contributed by atoms with van der Waals surface area (Å²) in [6.45, 7) is 11.6. The largest absolute Gasteiger partial charge is 0.328 e. The maximum Gasteiger partial charge on any atom is 0.183 e. The Labute approximate surface area is 165 Å². The summed E-state index contributed by atoms with van der Waals surface area (Å²) in [6.07, 6.45) is 17.2. The summed E-state index contributed by atoms with van der Waals surface area (Å²) in [7, 11) is 4.70. The number of nitrogens with zero attached hydrogens (tertiary/aromatic N) is 1. The van der Waals surface area contributed by atoms with Crippen molar-refractivity contribution in [3.63, 3.8) is 0 Å². The molecule has 0 aliphatic heterocycles. The van der Waals surface area contributed by atoms with Gasteiger partial charge in [-0.1, -0.05) is 79.1 Å². The van der Waals surface area contributed by atoms with Crippen molar-refractivity contribution in [3.05, 3.63) is 0 Å². The Kier molecular flexibility index (Phi) is 12.1. The lowest BCUT2D eigenvalue weighted by Crippen LogP contribution is -2.45. The highest BCUT2D eigenvalue weighted by molar-refractivity contribution is 4.81. The van der Waals surface area contributed by atoms with Crippen LogP contribution in [0.3, 0.4) is 0 Å². The highest BCUT2D eigenvalue weighted by Gasteiger charge is 2.32. The smallest absolute Gasteiger partial charge is 0.183 e. The predicted molar refractivity (Wildman–Crippen MR) is 115 cm³/mol. The molecule has 0 unspecified atom stereocenters. The Morgan fingerprint density at radius 1 is 0.885 bits per heavy atom. The van der Waals surface area contributed by atoms with Gasteiger partial charge >= 0.3 is 0 Å². The van der Waals surface area contributed by atoms with Gasteiger partial charge in [0.05, 0.1) is 26.7 Å². The van der Waals surface area contributed by atoms with Gasteiger partial charge in [0.1, 0.15) is 0 Å². The van der Waals surface area contributed by atoms with Gasteiger partial charge in [-0.3, -0.25) is 0 Å². The Hall–Kier alpha value is -0.0800. The number of quaternary nitrogens is 1. The van der Waals surface area contributed by atoms with Crippen LogP contribution >= 0.6 is 0 Å². The molecule has 0 bridgehead atoms. The van der Waals surface area contributed by atoms with Crippen molar-refractivity contribution < 1.29 is 9.22 Å². The van der Waals surface area contributed by atoms with Crippen molar-refractivity contribution in [1.82, 2.24) is 0 Å². The lowest BCUT2D eigenvalue weighted by Gasteiger charge is -2.39. The van der Waals surface area contributed by atoms with E-state index in [0.29, 0.717) is 6.10 Å². The van der Waals surface area contributed by atoms with E-state index in [1.54, 1.807) is 0 Å². The van der Waals surface area contributed by atoms with Crippen LogP contribution in [-0.2, 0) is 4.74 Å². The molecule has 1 rings (SSSR count). The summed E-state index contributed by atoms with van der Waals surface area (Å²) in [5, 5.41) is 0. The molecule has 1 saturated carbocycles. The zero-order valence-corrected chi connectivity index (χ0v) is 19.1. The molecule has 0 aromatic heterocycles. The van der Waals surface area contributed by atoms with E-state index in [-0.39, 0.29) is 0 Å². The maximum absolute atomic E-state index is 6.50. The third-order valence-electron chi connectivity index (χ3n) is 6.47. The minimum atomic E-state index is 0.485. The van der Waals surface area contributed by atoms with Gasteiger partial charge in [-0.2, -0.15) is 0 Å². The van der Waals surface area contributed by atoms with Crippen molar-refractivity contribution in [2.45, 2.75) is 111 Å². The molecule has 0 aromatic carbocycles. The molecule has 2 heteroatoms. The molecule has 0 N–H and O–H groups in total. The van der Waals surface area contributed by atoms with E-state index in [1.165, 1.54) is 83.6 Å². The quantitative estimate of drug-likeness (QED) is 0.182. The second-order valence-corrected chi connectivity index (χ2v) is 10.1. The molecule has 0 aromatic rings. The highest BCUT2D eigenvalue weighted by atomic mass is 16.5. The molecule has 3 atom stereocenters. The zero-order chi connectivity index (χ0) is 19.4. The van der Waals surface area contributed by atoms with E-state index in [0.717, 1.165) is 29.0 Å². The highest BCUT2D eigenvalue weighted by Crippen LogP contribution is 2.35. The molecule has 26 heavy (non-hydrogen) atoms. The first-order valence-corrected chi connectivity index (χ1v) is 11.8. The van der Waals surface area contributed by atoms with Gasteiger partial charge in [0.2, 0.25) is 0 Å². The summed E-state index contributed by atoms with van der Waals surface area (Å²) in [4.78, 5) is 0. The lowest BCUT2D eigenvalue weighted by molar-refractivity contribution is -0.911. The first-order valence-electron chi connectivity index (χ1n) is 11.8. The number of unbranched alkanes of at least 4 members (excludes halogenated alkanes) is 8. The number of hydrogen-bond donors (Lipinski definition) is 0. The molecule has 0 saturated heterocycles. The predicted octanol–water partition coefficient (Wildman–Crippen LogP) is 7.03. The van der Waals surface area contributed by atoms with Gasteiger partial charge in [-0.25, -0.2) is 0 Å². The first kappa shape index (κ1) is 24.0. The maximum atomic E-state index is 6.50. The summed E-state index contributed by atoms with van der Waals surface area (Å²) in [5.74, 6) is 2.35. The molecule has 2 nitrogen and oxygen atoms in total. The van der Waals surface area contributed by atoms with Gasteiger partial charge in [0.15, 0.2) is 6.73 Å². The van der Waals surface area contributed by atoms with Crippen LogP contribution in [0.5, 0.6) is 0 Å². The van der Waals surface area contributed by atoms with E-state index < -0.39 is 0 Å². The van der Waals surface area contributed by atoms with Crippen LogP contribution in [0.4, 0.5) is 0 Å². The molecule has 1 aliphatic rings. The minimum Gasteiger partial charge on any atom is -0.328 e. The van der Waals surface area contributed by atoms with E-state index in [1.807, 2.05) is 0 Å². The third kappa shape index (κ3) is 10.3. The van der Waals surface area contributed by atoms with Gasteiger partial charge in [0, 0.05) is 0 Å². The normalized spacial score (nSPS) is 24.3. The molecule has 156 valence electrons. The van der Waals surface area contributed by atoms with Crippen molar-refractivity contribution in [2.75, 3.05) is 27.4 Å². The molecule has 1 fully saturated rings. The standard InChI is InChI=1S/C24H50NO/c1-7-8-9-10-11-12-13-14-15-18-25(5,6)20-26-24-19-22(4)16-17-23(24)21(2)3/h21-24H,7-20H2,1-6H3/q+1/t22-,23+,24-/m1/s1. The Morgan fingerprint density at radius 2 is 1.46 bits per heavy atom. The Morgan fingerprint density at radius 3 is 2.04 bits per heavy atom. The number of rotatable bonds is 14. The Bertz CT molecular complexity index is 339. The van der Waals surface area contributed by atoms with Crippen molar-refractivity contribution >= 4 is 0 Å². The van der Waals surface area contributed by atoms with Crippen LogP contribution in [0.2, 0.25) is 0 Å². The fourth-order valence-corrected chi connectivity index (χ4v) is 4.52. The SMILES string of the molecule is CCCCCCCCCCC[N+](C)(C)CO[C@@H]1C[C@H](C)CC[C@H]1C(C)C. The monoisotopic (exact) mass is 368 g/mol. The molecule has 0 heterocycles. The lowest BCUT2D eigenvalue weighted by atomic mass is 9.75. The topological polar surface area (TPSA) is 9.23 Å². The average molecular weight is 369 g/mol. The van der Waals surface area contributed by atoms with Crippen LogP contribution < -0.4 is 0 Å². The second kappa shape index (κ2) is 13.2. The van der Waals surface area contributed by atoms with E-state index in [9.17, 15) is 0 Å². The van der Waals surface area contributed by atoms with Crippen LogP contribution in [0.15, 0.2) is 0 Å².